The van der Waals surface area contributed by atoms with Gasteiger partial charge in [-0.2, -0.15) is 0 Å². The van der Waals surface area contributed by atoms with Crippen LogP contribution in [0, 0.1) is 0 Å². The molecule has 1 rings (SSSR count). The Morgan fingerprint density at radius 3 is 2.61 bits per heavy atom. The molecular weight excluding hydrogens is 230 g/mol. The second-order valence-electron chi connectivity index (χ2n) is 4.05. The lowest BCUT2D eigenvalue weighted by atomic mass is 9.99. The summed E-state index contributed by atoms with van der Waals surface area (Å²) in [6.45, 7) is 2.10. The minimum Gasteiger partial charge on any atom is -0.496 e. The second-order valence-corrected chi connectivity index (χ2v) is 4.05. The summed E-state index contributed by atoms with van der Waals surface area (Å²) in [5.74, 6) is 0.550. The third kappa shape index (κ3) is 3.47. The van der Waals surface area contributed by atoms with Crippen LogP contribution in [0.15, 0.2) is 18.2 Å². The number of benzene rings is 1. The molecule has 0 saturated carbocycles. The Morgan fingerprint density at radius 1 is 1.39 bits per heavy atom. The number of rotatable bonds is 6. The van der Waals surface area contributed by atoms with Gasteiger partial charge in [-0.1, -0.05) is 19.1 Å². The lowest BCUT2D eigenvalue weighted by Crippen LogP contribution is -2.21. The van der Waals surface area contributed by atoms with Gasteiger partial charge in [-0.25, -0.2) is 0 Å². The summed E-state index contributed by atoms with van der Waals surface area (Å²) in [5, 5.41) is 3.13. The molecule has 100 valence electrons. The van der Waals surface area contributed by atoms with Crippen LogP contribution in [-0.2, 0) is 16.0 Å². The molecule has 0 amide bonds. The number of hydrogen-bond acceptors (Lipinski definition) is 4. The number of carbonyl (C=O) groups excluding carboxylic acids is 1. The van der Waals surface area contributed by atoms with Crippen LogP contribution in [0.5, 0.6) is 5.75 Å². The van der Waals surface area contributed by atoms with E-state index >= 15 is 0 Å². The number of ether oxygens (including phenoxy) is 2. The van der Waals surface area contributed by atoms with E-state index in [0.29, 0.717) is 0 Å². The summed E-state index contributed by atoms with van der Waals surface area (Å²) >= 11 is 0. The number of esters is 1. The number of aryl methyl sites for hydroxylation is 1. The number of nitrogens with one attached hydrogen (secondary N) is 1. The smallest absolute Gasteiger partial charge is 0.307 e. The highest BCUT2D eigenvalue weighted by Gasteiger charge is 2.18. The molecule has 1 aromatic rings. The maximum absolute atomic E-state index is 11.4. The number of carbonyl (C=O) groups is 1. The van der Waals surface area contributed by atoms with E-state index in [2.05, 4.69) is 18.3 Å². The van der Waals surface area contributed by atoms with Crippen molar-refractivity contribution in [1.29, 1.82) is 0 Å². The van der Waals surface area contributed by atoms with Gasteiger partial charge in [-0.05, 0) is 25.1 Å². The van der Waals surface area contributed by atoms with E-state index in [9.17, 15) is 4.79 Å². The molecule has 0 radical (unpaired) electrons. The van der Waals surface area contributed by atoms with E-state index in [1.54, 1.807) is 7.11 Å². The Labute approximate surface area is 108 Å². The van der Waals surface area contributed by atoms with E-state index in [4.69, 9.17) is 9.47 Å². The van der Waals surface area contributed by atoms with Gasteiger partial charge in [0, 0.05) is 11.6 Å². The molecule has 4 nitrogen and oxygen atoms in total. The zero-order chi connectivity index (χ0) is 13.5. The second kappa shape index (κ2) is 7.01. The summed E-state index contributed by atoms with van der Waals surface area (Å²) in [5.41, 5.74) is 2.21. The summed E-state index contributed by atoms with van der Waals surface area (Å²) < 4.78 is 10.1. The van der Waals surface area contributed by atoms with Crippen molar-refractivity contribution in [3.05, 3.63) is 29.3 Å². The van der Waals surface area contributed by atoms with Crippen LogP contribution in [0.1, 0.15) is 30.5 Å². The van der Waals surface area contributed by atoms with Gasteiger partial charge in [0.25, 0.3) is 0 Å². The normalized spacial score (nSPS) is 12.0. The third-order valence-electron chi connectivity index (χ3n) is 3.02. The molecule has 0 aliphatic rings. The maximum Gasteiger partial charge on any atom is 0.307 e. The van der Waals surface area contributed by atoms with Crippen LogP contribution in [0.3, 0.4) is 0 Å². The van der Waals surface area contributed by atoms with Crippen LogP contribution in [0.25, 0.3) is 0 Å². The first-order valence-corrected chi connectivity index (χ1v) is 6.07. The largest absolute Gasteiger partial charge is 0.496 e. The first-order chi connectivity index (χ1) is 8.65. The molecule has 0 aromatic heterocycles. The molecule has 1 unspecified atom stereocenters. The minimum absolute atomic E-state index is 0.0982. The highest BCUT2D eigenvalue weighted by molar-refractivity contribution is 5.70. The molecule has 1 N–H and O–H groups in total. The van der Waals surface area contributed by atoms with Gasteiger partial charge in [-0.3, -0.25) is 4.79 Å². The van der Waals surface area contributed by atoms with E-state index in [0.717, 1.165) is 17.7 Å². The summed E-state index contributed by atoms with van der Waals surface area (Å²) in [6, 6.07) is 5.95. The minimum atomic E-state index is -0.238. The maximum atomic E-state index is 11.4. The van der Waals surface area contributed by atoms with Crippen molar-refractivity contribution in [1.82, 2.24) is 5.32 Å². The summed E-state index contributed by atoms with van der Waals surface area (Å²) in [6.07, 6.45) is 1.24. The van der Waals surface area contributed by atoms with Gasteiger partial charge in [0.1, 0.15) is 5.75 Å². The molecule has 0 saturated heterocycles. The zero-order valence-electron chi connectivity index (χ0n) is 11.4. The third-order valence-corrected chi connectivity index (χ3v) is 3.02. The van der Waals surface area contributed by atoms with Gasteiger partial charge in [0.2, 0.25) is 0 Å². The van der Waals surface area contributed by atoms with Crippen molar-refractivity contribution >= 4 is 5.97 Å². The van der Waals surface area contributed by atoms with Gasteiger partial charge >= 0.3 is 5.97 Å². The highest BCUT2D eigenvalue weighted by Crippen LogP contribution is 2.28. The van der Waals surface area contributed by atoms with Crippen LogP contribution in [-0.4, -0.2) is 27.2 Å². The molecule has 0 heterocycles. The zero-order valence-corrected chi connectivity index (χ0v) is 11.4. The van der Waals surface area contributed by atoms with Crippen molar-refractivity contribution in [2.45, 2.75) is 25.8 Å². The van der Waals surface area contributed by atoms with Crippen LogP contribution < -0.4 is 10.1 Å². The molecule has 0 bridgehead atoms. The van der Waals surface area contributed by atoms with Gasteiger partial charge in [0.05, 0.1) is 20.6 Å². The molecule has 4 heteroatoms. The van der Waals surface area contributed by atoms with Crippen molar-refractivity contribution in [2.24, 2.45) is 0 Å². The molecule has 0 spiro atoms. The Balaban J connectivity index is 3.05. The Kier molecular flexibility index (Phi) is 5.65. The molecule has 1 aromatic carbocycles. The molecular formula is C14H21NO3. The Morgan fingerprint density at radius 2 is 2.11 bits per heavy atom. The number of methoxy groups -OCH3 is 2. The number of hydrogen-bond donors (Lipinski definition) is 1. The highest BCUT2D eigenvalue weighted by atomic mass is 16.5. The average Bonchev–Trinajstić information content (AvgIpc) is 2.43. The molecule has 18 heavy (non-hydrogen) atoms. The van der Waals surface area contributed by atoms with Gasteiger partial charge in [0.15, 0.2) is 0 Å². The van der Waals surface area contributed by atoms with Gasteiger partial charge < -0.3 is 14.8 Å². The fourth-order valence-electron chi connectivity index (χ4n) is 1.89. The summed E-state index contributed by atoms with van der Waals surface area (Å²) in [7, 11) is 4.86. The van der Waals surface area contributed by atoms with Crippen molar-refractivity contribution in [2.75, 3.05) is 21.3 Å². The van der Waals surface area contributed by atoms with Crippen LogP contribution >= 0.6 is 0 Å². The predicted molar refractivity (Wildman–Crippen MR) is 70.8 cm³/mol. The van der Waals surface area contributed by atoms with E-state index < -0.39 is 0 Å². The Hall–Kier alpha value is -1.55. The van der Waals surface area contributed by atoms with Crippen molar-refractivity contribution in [3.63, 3.8) is 0 Å². The summed E-state index contributed by atoms with van der Waals surface area (Å²) in [4.78, 5) is 11.4. The average molecular weight is 251 g/mol. The molecule has 1 atom stereocenters. The first-order valence-electron chi connectivity index (χ1n) is 6.07. The lowest BCUT2D eigenvalue weighted by molar-refractivity contribution is -0.141. The molecule has 0 fully saturated rings. The van der Waals surface area contributed by atoms with Gasteiger partial charge in [-0.15, -0.1) is 0 Å². The standard InChI is InChI=1S/C14H21NO3/c1-5-10-6-7-13(17-3)11(8-10)12(15-2)9-14(16)18-4/h6-8,12,15H,5,9H2,1-4H3. The van der Waals surface area contributed by atoms with Crippen molar-refractivity contribution in [3.8, 4) is 5.75 Å². The fourth-order valence-corrected chi connectivity index (χ4v) is 1.89. The molecule has 0 aliphatic carbocycles. The van der Waals surface area contributed by atoms with Crippen molar-refractivity contribution < 1.29 is 14.3 Å². The SMILES string of the molecule is CCc1ccc(OC)c(C(CC(=O)OC)NC)c1. The van der Waals surface area contributed by atoms with E-state index in [1.165, 1.54) is 12.7 Å². The molecule has 0 aliphatic heterocycles. The van der Waals surface area contributed by atoms with Crippen LogP contribution in [0.2, 0.25) is 0 Å². The Bertz CT molecular complexity index is 404. The lowest BCUT2D eigenvalue weighted by Gasteiger charge is -2.19. The van der Waals surface area contributed by atoms with E-state index in [1.807, 2.05) is 19.2 Å². The predicted octanol–water partition coefficient (Wildman–Crippen LogP) is 2.08. The quantitative estimate of drug-likeness (QED) is 0.786. The first kappa shape index (κ1) is 14.5. The topological polar surface area (TPSA) is 47.6 Å². The van der Waals surface area contributed by atoms with E-state index in [-0.39, 0.29) is 18.4 Å². The monoisotopic (exact) mass is 251 g/mol. The van der Waals surface area contributed by atoms with Crippen LogP contribution in [0.4, 0.5) is 0 Å². The fraction of sp³-hybridized carbons (Fsp3) is 0.500.